The van der Waals surface area contributed by atoms with E-state index in [0.29, 0.717) is 22.6 Å². The molecule has 2 aromatic rings. The van der Waals surface area contributed by atoms with Crippen molar-refractivity contribution >= 4 is 46.8 Å². The zero-order chi connectivity index (χ0) is 22.8. The molecule has 0 aliphatic carbocycles. The molecule has 10 heteroatoms. The van der Waals surface area contributed by atoms with Crippen LogP contribution in [-0.4, -0.2) is 39.6 Å². The van der Waals surface area contributed by atoms with Gasteiger partial charge in [0.2, 0.25) is 11.8 Å². The van der Waals surface area contributed by atoms with Gasteiger partial charge in [-0.2, -0.15) is 0 Å². The molecule has 0 radical (unpaired) electrons. The SMILES string of the molecule is O=C(C#Cc1cnc(Cl)cc1Cl)NCc1ccc2c(c1)CN(C1CCC(=O)NC1=O)C2=O. The number of imide groups is 1. The van der Waals surface area contributed by atoms with E-state index in [1.807, 2.05) is 6.07 Å². The number of rotatable bonds is 3. The van der Waals surface area contributed by atoms with Gasteiger partial charge < -0.3 is 10.2 Å². The molecular formula is C22H16Cl2N4O4. The number of halogens is 2. The molecule has 8 nitrogen and oxygen atoms in total. The van der Waals surface area contributed by atoms with Crippen molar-refractivity contribution in [1.82, 2.24) is 20.5 Å². The van der Waals surface area contributed by atoms with Crippen molar-refractivity contribution in [3.63, 3.8) is 0 Å². The standard InChI is InChI=1S/C22H16Cl2N4O4/c23-16-8-18(24)25-10-13(16)2-5-19(29)26-9-12-1-3-15-14(7-12)11-28(22(15)32)17-4-6-20(30)27-21(17)31/h1,3,7-8,10,17H,4,6,9,11H2,(H,26,29)(H,27,30,31). The smallest absolute Gasteiger partial charge is 0.296 e. The molecule has 4 rings (SSSR count). The van der Waals surface area contributed by atoms with E-state index >= 15 is 0 Å². The van der Waals surface area contributed by atoms with Gasteiger partial charge in [0.05, 0.1) is 10.6 Å². The van der Waals surface area contributed by atoms with Gasteiger partial charge >= 0.3 is 0 Å². The summed E-state index contributed by atoms with van der Waals surface area (Å²) in [6.45, 7) is 0.476. The minimum atomic E-state index is -0.666. The molecule has 1 fully saturated rings. The average molecular weight is 471 g/mol. The Morgan fingerprint density at radius 2 is 2.06 bits per heavy atom. The Morgan fingerprint density at radius 3 is 2.81 bits per heavy atom. The number of hydrogen-bond donors (Lipinski definition) is 2. The lowest BCUT2D eigenvalue weighted by atomic mass is 10.0. The Kier molecular flexibility index (Phi) is 6.12. The summed E-state index contributed by atoms with van der Waals surface area (Å²) in [6, 6.07) is 6.00. The quantitative estimate of drug-likeness (QED) is 0.404. The molecule has 2 N–H and O–H groups in total. The van der Waals surface area contributed by atoms with Gasteiger partial charge in [-0.05, 0) is 29.7 Å². The lowest BCUT2D eigenvalue weighted by molar-refractivity contribution is -0.137. The normalized spacial score (nSPS) is 17.4. The van der Waals surface area contributed by atoms with Gasteiger partial charge in [0, 0.05) is 37.2 Å². The zero-order valence-corrected chi connectivity index (χ0v) is 18.1. The van der Waals surface area contributed by atoms with E-state index in [2.05, 4.69) is 27.5 Å². The molecule has 162 valence electrons. The van der Waals surface area contributed by atoms with E-state index in [-0.39, 0.29) is 36.5 Å². The van der Waals surface area contributed by atoms with Gasteiger partial charge in [0.25, 0.3) is 11.8 Å². The highest BCUT2D eigenvalue weighted by Gasteiger charge is 2.39. The Hall–Kier alpha value is -3.41. The van der Waals surface area contributed by atoms with E-state index < -0.39 is 17.9 Å². The Morgan fingerprint density at radius 1 is 1.25 bits per heavy atom. The van der Waals surface area contributed by atoms with Crippen LogP contribution in [0.3, 0.4) is 0 Å². The molecular weight excluding hydrogens is 455 g/mol. The summed E-state index contributed by atoms with van der Waals surface area (Å²) in [7, 11) is 0. The second-order valence-electron chi connectivity index (χ2n) is 7.31. The van der Waals surface area contributed by atoms with Gasteiger partial charge in [-0.15, -0.1) is 0 Å². The largest absolute Gasteiger partial charge is 0.341 e. The zero-order valence-electron chi connectivity index (χ0n) is 16.6. The van der Waals surface area contributed by atoms with Crippen LogP contribution < -0.4 is 10.6 Å². The van der Waals surface area contributed by atoms with E-state index in [1.165, 1.54) is 17.2 Å². The molecule has 2 aliphatic heterocycles. The van der Waals surface area contributed by atoms with Crippen LogP contribution in [0.1, 0.15) is 39.9 Å². The maximum Gasteiger partial charge on any atom is 0.296 e. The molecule has 1 saturated heterocycles. The third-order valence-corrected chi connectivity index (χ3v) is 5.69. The molecule has 4 amide bonds. The number of hydrogen-bond acceptors (Lipinski definition) is 5. The first-order valence-electron chi connectivity index (χ1n) is 9.69. The van der Waals surface area contributed by atoms with Crippen LogP contribution in [0.4, 0.5) is 0 Å². The molecule has 2 aliphatic rings. The fourth-order valence-corrected chi connectivity index (χ4v) is 4.00. The number of nitrogens with one attached hydrogen (secondary N) is 2. The Labute approximate surface area is 193 Å². The van der Waals surface area contributed by atoms with Gasteiger partial charge in [-0.3, -0.25) is 24.5 Å². The second-order valence-corrected chi connectivity index (χ2v) is 8.11. The topological polar surface area (TPSA) is 108 Å². The van der Waals surface area contributed by atoms with Crippen LogP contribution in [0, 0.1) is 11.8 Å². The van der Waals surface area contributed by atoms with Crippen molar-refractivity contribution < 1.29 is 19.2 Å². The van der Waals surface area contributed by atoms with E-state index in [1.54, 1.807) is 12.1 Å². The van der Waals surface area contributed by atoms with Crippen molar-refractivity contribution in [1.29, 1.82) is 0 Å². The minimum Gasteiger partial charge on any atom is -0.341 e. The number of fused-ring (bicyclic) bond motifs is 1. The number of carbonyl (C=O) groups excluding carboxylic acids is 4. The van der Waals surface area contributed by atoms with Crippen molar-refractivity contribution in [2.45, 2.75) is 32.0 Å². The molecule has 0 saturated carbocycles. The van der Waals surface area contributed by atoms with Crippen LogP contribution >= 0.6 is 23.2 Å². The van der Waals surface area contributed by atoms with Gasteiger partial charge in [0.1, 0.15) is 11.2 Å². The maximum atomic E-state index is 12.7. The predicted molar refractivity (Wildman–Crippen MR) is 115 cm³/mol. The monoisotopic (exact) mass is 470 g/mol. The molecule has 1 aromatic carbocycles. The molecule has 0 bridgehead atoms. The summed E-state index contributed by atoms with van der Waals surface area (Å²) in [4.78, 5) is 53.6. The van der Waals surface area contributed by atoms with Crippen LogP contribution in [0.15, 0.2) is 30.5 Å². The highest BCUT2D eigenvalue weighted by molar-refractivity contribution is 6.34. The fraction of sp³-hybridized carbons (Fsp3) is 0.227. The summed E-state index contributed by atoms with van der Waals surface area (Å²) in [6.07, 6.45) is 1.89. The predicted octanol–water partition coefficient (Wildman–Crippen LogP) is 1.82. The van der Waals surface area contributed by atoms with Crippen LogP contribution in [0.5, 0.6) is 0 Å². The minimum absolute atomic E-state index is 0.201. The van der Waals surface area contributed by atoms with Gasteiger partial charge in [-0.25, -0.2) is 4.98 Å². The third-order valence-electron chi connectivity index (χ3n) is 5.17. The summed E-state index contributed by atoms with van der Waals surface area (Å²) in [5.74, 6) is 3.56. The van der Waals surface area contributed by atoms with Crippen molar-refractivity contribution in [2.75, 3.05) is 0 Å². The van der Waals surface area contributed by atoms with Crippen LogP contribution in [-0.2, 0) is 27.5 Å². The maximum absolute atomic E-state index is 12.7. The van der Waals surface area contributed by atoms with Crippen molar-refractivity contribution in [3.05, 3.63) is 62.9 Å². The lowest BCUT2D eigenvalue weighted by Gasteiger charge is -2.29. The van der Waals surface area contributed by atoms with Gasteiger partial charge in [-0.1, -0.05) is 41.3 Å². The first-order valence-corrected chi connectivity index (χ1v) is 10.4. The number of nitrogens with zero attached hydrogens (tertiary/aromatic N) is 2. The lowest BCUT2D eigenvalue weighted by Crippen LogP contribution is -2.52. The molecule has 1 atom stereocenters. The summed E-state index contributed by atoms with van der Waals surface area (Å²) < 4.78 is 0. The second kappa shape index (κ2) is 8.99. The summed E-state index contributed by atoms with van der Waals surface area (Å²) in [5, 5.41) is 5.50. The molecule has 3 heterocycles. The van der Waals surface area contributed by atoms with E-state index in [0.717, 1.165) is 11.1 Å². The number of benzene rings is 1. The van der Waals surface area contributed by atoms with Crippen LogP contribution in [0.2, 0.25) is 10.2 Å². The first-order chi connectivity index (χ1) is 15.3. The average Bonchev–Trinajstić information content (AvgIpc) is 3.07. The molecule has 1 unspecified atom stereocenters. The molecule has 32 heavy (non-hydrogen) atoms. The van der Waals surface area contributed by atoms with E-state index in [4.69, 9.17) is 23.2 Å². The van der Waals surface area contributed by atoms with Crippen molar-refractivity contribution in [2.24, 2.45) is 0 Å². The highest BCUT2D eigenvalue weighted by atomic mass is 35.5. The van der Waals surface area contributed by atoms with Crippen LogP contribution in [0.25, 0.3) is 0 Å². The highest BCUT2D eigenvalue weighted by Crippen LogP contribution is 2.28. The Balaban J connectivity index is 1.39. The Bertz CT molecular complexity index is 1220. The number of piperidine rings is 1. The summed E-state index contributed by atoms with van der Waals surface area (Å²) >= 11 is 11.7. The number of carbonyl (C=O) groups is 4. The number of pyridine rings is 1. The first kappa shape index (κ1) is 21.8. The van der Waals surface area contributed by atoms with Gasteiger partial charge in [0.15, 0.2) is 0 Å². The number of amides is 4. The summed E-state index contributed by atoms with van der Waals surface area (Å²) in [5.41, 5.74) is 2.44. The molecule has 0 spiro atoms. The third kappa shape index (κ3) is 4.59. The van der Waals surface area contributed by atoms with Crippen molar-refractivity contribution in [3.8, 4) is 11.8 Å². The van der Waals surface area contributed by atoms with E-state index in [9.17, 15) is 19.2 Å². The number of aromatic nitrogens is 1. The fourth-order valence-electron chi connectivity index (χ4n) is 3.59. The molecule has 1 aromatic heterocycles.